The van der Waals surface area contributed by atoms with Gasteiger partial charge in [0.05, 0.1) is 17.6 Å². The van der Waals surface area contributed by atoms with E-state index in [0.29, 0.717) is 13.1 Å². The highest BCUT2D eigenvalue weighted by molar-refractivity contribution is 5.84. The van der Waals surface area contributed by atoms with Gasteiger partial charge in [0.1, 0.15) is 6.04 Å². The highest BCUT2D eigenvalue weighted by atomic mass is 16.4. The molecule has 0 bridgehead atoms. The number of urea groups is 1. The number of carbonyl (C=O) groups excluding carboxylic acids is 2. The van der Waals surface area contributed by atoms with Gasteiger partial charge in [0.15, 0.2) is 0 Å². The van der Waals surface area contributed by atoms with Gasteiger partial charge in [-0.05, 0) is 41.9 Å². The van der Waals surface area contributed by atoms with Crippen molar-refractivity contribution in [1.82, 2.24) is 19.6 Å². The lowest BCUT2D eigenvalue weighted by atomic mass is 9.72. The molecule has 0 unspecified atom stereocenters. The first-order chi connectivity index (χ1) is 21.2. The zero-order valence-corrected chi connectivity index (χ0v) is 26.2. The summed E-state index contributed by atoms with van der Waals surface area (Å²) >= 11 is 0. The number of aliphatic carboxylic acids is 1. The van der Waals surface area contributed by atoms with E-state index in [2.05, 4.69) is 77.7 Å². The Labute approximate surface area is 260 Å². The van der Waals surface area contributed by atoms with Crippen LogP contribution >= 0.6 is 0 Å². The summed E-state index contributed by atoms with van der Waals surface area (Å²) in [7, 11) is 3.27. The molecule has 2 aliphatic heterocycles. The summed E-state index contributed by atoms with van der Waals surface area (Å²) in [6.45, 7) is 5.42. The van der Waals surface area contributed by atoms with Crippen LogP contribution in [0.25, 0.3) is 0 Å². The number of hydrogen-bond donors (Lipinski definition) is 1. The number of hydrogen-bond acceptors (Lipinski definition) is 4. The topological polar surface area (TPSA) is 84.4 Å². The molecule has 232 valence electrons. The van der Waals surface area contributed by atoms with Crippen LogP contribution in [0, 0.1) is 5.92 Å². The van der Waals surface area contributed by atoms with Crippen molar-refractivity contribution in [2.75, 3.05) is 33.7 Å². The lowest BCUT2D eigenvalue weighted by Gasteiger charge is -2.55. The minimum atomic E-state index is -1.02. The fraction of sp³-hybridized carbons (Fsp3) is 0.417. The third-order valence-corrected chi connectivity index (χ3v) is 9.47. The largest absolute Gasteiger partial charge is 0.480 e. The Morgan fingerprint density at radius 1 is 0.795 bits per heavy atom. The molecule has 8 nitrogen and oxygen atoms in total. The van der Waals surface area contributed by atoms with Crippen LogP contribution in [0.5, 0.6) is 0 Å². The fourth-order valence-electron chi connectivity index (χ4n) is 7.18. The Morgan fingerprint density at radius 2 is 1.30 bits per heavy atom. The molecule has 3 atom stereocenters. The number of rotatable bonds is 9. The predicted molar refractivity (Wildman–Crippen MR) is 171 cm³/mol. The average Bonchev–Trinajstić information content (AvgIpc) is 3.03. The van der Waals surface area contributed by atoms with Crippen LogP contribution in [0.15, 0.2) is 91.0 Å². The van der Waals surface area contributed by atoms with Crippen molar-refractivity contribution in [3.8, 4) is 0 Å². The molecule has 2 fully saturated rings. The molecule has 0 aromatic heterocycles. The maximum atomic E-state index is 14.4. The first-order valence-corrected chi connectivity index (χ1v) is 15.6. The van der Waals surface area contributed by atoms with E-state index < -0.39 is 17.6 Å². The van der Waals surface area contributed by atoms with Gasteiger partial charge in [0.25, 0.3) is 0 Å². The zero-order valence-electron chi connectivity index (χ0n) is 26.2. The van der Waals surface area contributed by atoms with E-state index in [1.165, 1.54) is 4.90 Å². The molecular formula is C36H44N4O4. The molecule has 0 aliphatic carbocycles. The molecule has 1 N–H and O–H groups in total. The van der Waals surface area contributed by atoms with Gasteiger partial charge in [0, 0.05) is 33.7 Å². The van der Waals surface area contributed by atoms with Gasteiger partial charge in [-0.15, -0.1) is 0 Å². The van der Waals surface area contributed by atoms with Crippen molar-refractivity contribution < 1.29 is 19.5 Å². The summed E-state index contributed by atoms with van der Waals surface area (Å²) in [6, 6.07) is 29.5. The Balaban J connectivity index is 1.43. The SMILES string of the molecule is CC(C)[C@@H](C(=O)O)N(C)C(=O)N(C)[C@H]1CCCN(C(=O)[C@H]2CCN2C(c2ccccc2)(c2ccccc2)c2ccccc2)C1. The highest BCUT2D eigenvalue weighted by Crippen LogP contribution is 2.47. The van der Waals surface area contributed by atoms with Crippen molar-refractivity contribution in [3.63, 3.8) is 0 Å². The van der Waals surface area contributed by atoms with Crippen LogP contribution in [0.2, 0.25) is 0 Å². The highest BCUT2D eigenvalue weighted by Gasteiger charge is 2.52. The average molecular weight is 597 g/mol. The van der Waals surface area contributed by atoms with Gasteiger partial charge >= 0.3 is 12.0 Å². The molecule has 0 spiro atoms. The molecule has 44 heavy (non-hydrogen) atoms. The van der Waals surface area contributed by atoms with E-state index in [9.17, 15) is 19.5 Å². The van der Waals surface area contributed by atoms with Gasteiger partial charge in [-0.2, -0.15) is 0 Å². The maximum Gasteiger partial charge on any atom is 0.326 e. The van der Waals surface area contributed by atoms with Crippen LogP contribution in [0.3, 0.4) is 0 Å². The van der Waals surface area contributed by atoms with Crippen molar-refractivity contribution in [2.45, 2.75) is 56.8 Å². The van der Waals surface area contributed by atoms with Gasteiger partial charge < -0.3 is 19.8 Å². The number of amides is 3. The molecular weight excluding hydrogens is 552 g/mol. The second kappa shape index (κ2) is 13.2. The molecule has 8 heteroatoms. The number of piperidine rings is 1. The van der Waals surface area contributed by atoms with E-state index in [1.807, 2.05) is 23.1 Å². The number of likely N-dealkylation sites (tertiary alicyclic amines) is 2. The van der Waals surface area contributed by atoms with Crippen LogP contribution in [0.4, 0.5) is 4.79 Å². The standard InChI is InChI=1S/C36H44N4O4/c1-26(2)32(34(42)43)38(4)35(44)37(3)30-21-14-23-39(25-30)33(41)31-22-24-40(31)36(27-15-8-5-9-16-27,28-17-10-6-11-18-28)29-19-12-7-13-20-29/h5-13,15-20,26,30-32H,14,21-25H2,1-4H3,(H,42,43)/t30-,31+,32-/m0/s1. The van der Waals surface area contributed by atoms with E-state index >= 15 is 0 Å². The number of carbonyl (C=O) groups is 3. The van der Waals surface area contributed by atoms with Crippen LogP contribution in [-0.2, 0) is 15.1 Å². The Hall–Kier alpha value is -4.17. The van der Waals surface area contributed by atoms with Crippen LogP contribution in [0.1, 0.15) is 49.8 Å². The molecule has 2 heterocycles. The minimum absolute atomic E-state index is 0.0768. The second-order valence-electron chi connectivity index (χ2n) is 12.4. The van der Waals surface area contributed by atoms with Crippen molar-refractivity contribution in [3.05, 3.63) is 108 Å². The Kier molecular flexibility index (Phi) is 9.39. The maximum absolute atomic E-state index is 14.4. The summed E-state index contributed by atoms with van der Waals surface area (Å²) in [5.41, 5.74) is 2.67. The minimum Gasteiger partial charge on any atom is -0.480 e. The van der Waals surface area contributed by atoms with Gasteiger partial charge in [-0.3, -0.25) is 9.69 Å². The number of benzene rings is 3. The molecule has 0 radical (unpaired) electrons. The number of likely N-dealkylation sites (N-methyl/N-ethyl adjacent to an activating group) is 2. The Bertz CT molecular complexity index is 1340. The van der Waals surface area contributed by atoms with Crippen molar-refractivity contribution in [1.29, 1.82) is 0 Å². The fourth-order valence-corrected chi connectivity index (χ4v) is 7.18. The zero-order chi connectivity index (χ0) is 31.4. The van der Waals surface area contributed by atoms with Crippen molar-refractivity contribution >= 4 is 17.9 Å². The molecule has 2 aliphatic rings. The normalized spacial score (nSPS) is 19.6. The number of carboxylic acids is 1. The van der Waals surface area contributed by atoms with E-state index in [-0.39, 0.29) is 29.9 Å². The monoisotopic (exact) mass is 596 g/mol. The molecule has 2 saturated heterocycles. The van der Waals surface area contributed by atoms with Crippen molar-refractivity contribution in [2.24, 2.45) is 5.92 Å². The number of nitrogens with zero attached hydrogens (tertiary/aromatic N) is 4. The smallest absolute Gasteiger partial charge is 0.326 e. The molecule has 3 aromatic rings. The van der Waals surface area contributed by atoms with E-state index in [1.54, 1.807) is 32.8 Å². The van der Waals surface area contributed by atoms with Crippen LogP contribution in [-0.4, -0.2) is 94.5 Å². The predicted octanol–water partition coefficient (Wildman–Crippen LogP) is 5.14. The summed E-state index contributed by atoms with van der Waals surface area (Å²) in [4.78, 5) is 46.9. The lowest BCUT2D eigenvalue weighted by Crippen LogP contribution is -2.66. The summed E-state index contributed by atoms with van der Waals surface area (Å²) < 4.78 is 0. The van der Waals surface area contributed by atoms with Gasteiger partial charge in [-0.1, -0.05) is 105 Å². The number of carboxylic acid groups (broad SMARTS) is 1. The first kappa shape index (κ1) is 31.3. The molecule has 3 amide bonds. The molecule has 0 saturated carbocycles. The third-order valence-electron chi connectivity index (χ3n) is 9.47. The summed E-state index contributed by atoms with van der Waals surface area (Å²) in [6.07, 6.45) is 2.29. The van der Waals surface area contributed by atoms with E-state index in [0.717, 1.165) is 42.5 Å². The van der Waals surface area contributed by atoms with E-state index in [4.69, 9.17) is 0 Å². The summed E-state index contributed by atoms with van der Waals surface area (Å²) in [5.74, 6) is -1.18. The third kappa shape index (κ3) is 5.71. The quantitative estimate of drug-likeness (QED) is 0.346. The molecule has 5 rings (SSSR count). The second-order valence-corrected chi connectivity index (χ2v) is 12.4. The molecule has 3 aromatic carbocycles. The van der Waals surface area contributed by atoms with Crippen LogP contribution < -0.4 is 0 Å². The summed E-state index contributed by atoms with van der Waals surface area (Å²) in [5, 5.41) is 9.73. The van der Waals surface area contributed by atoms with Gasteiger partial charge in [-0.25, -0.2) is 9.59 Å². The lowest BCUT2D eigenvalue weighted by molar-refractivity contribution is -0.147. The Morgan fingerprint density at radius 3 is 1.70 bits per heavy atom. The van der Waals surface area contributed by atoms with Gasteiger partial charge in [0.2, 0.25) is 5.91 Å². The first-order valence-electron chi connectivity index (χ1n) is 15.6.